The predicted molar refractivity (Wildman–Crippen MR) is 87.2 cm³/mol. The quantitative estimate of drug-likeness (QED) is 0.823. The monoisotopic (exact) mass is 310 g/mol. The number of anilines is 1. The van der Waals surface area contributed by atoms with Gasteiger partial charge in [0.1, 0.15) is 0 Å². The molecule has 5 heteroatoms. The van der Waals surface area contributed by atoms with E-state index in [9.17, 15) is 14.4 Å². The molecular weight excluding hydrogens is 292 g/mol. The van der Waals surface area contributed by atoms with Gasteiger partial charge in [0.05, 0.1) is 23.0 Å². The van der Waals surface area contributed by atoms with E-state index in [0.717, 1.165) is 36.6 Å². The molecular formula is C18H18N2O3. The van der Waals surface area contributed by atoms with Crippen molar-refractivity contribution < 1.29 is 9.59 Å². The number of H-pyrrole nitrogens is 1. The van der Waals surface area contributed by atoms with Crippen LogP contribution in [0.25, 0.3) is 10.9 Å². The number of rotatable bonds is 1. The van der Waals surface area contributed by atoms with Gasteiger partial charge < -0.3 is 4.98 Å². The Labute approximate surface area is 133 Å². The number of hydrogen-bond donors (Lipinski definition) is 1. The molecule has 2 aromatic rings. The van der Waals surface area contributed by atoms with Gasteiger partial charge in [-0.05, 0) is 37.5 Å². The fourth-order valence-corrected chi connectivity index (χ4v) is 3.98. The fraction of sp³-hybridized carbons (Fsp3) is 0.389. The third kappa shape index (κ3) is 2.11. The third-order valence-electron chi connectivity index (χ3n) is 5.13. The van der Waals surface area contributed by atoms with Crippen molar-refractivity contribution in [3.05, 3.63) is 40.2 Å². The smallest absolute Gasteiger partial charge is 0.248 e. The minimum atomic E-state index is -0.181. The number of imide groups is 1. The predicted octanol–water partition coefficient (Wildman–Crippen LogP) is 2.52. The Bertz CT molecular complexity index is 859. The molecule has 1 aromatic heterocycles. The summed E-state index contributed by atoms with van der Waals surface area (Å²) < 4.78 is 0. The second-order valence-electron chi connectivity index (χ2n) is 6.56. The molecule has 2 aliphatic rings. The average molecular weight is 310 g/mol. The van der Waals surface area contributed by atoms with E-state index in [1.54, 1.807) is 18.2 Å². The van der Waals surface area contributed by atoms with Gasteiger partial charge in [0.15, 0.2) is 0 Å². The maximum Gasteiger partial charge on any atom is 0.248 e. The van der Waals surface area contributed by atoms with Gasteiger partial charge in [-0.3, -0.25) is 14.4 Å². The zero-order valence-corrected chi connectivity index (χ0v) is 13.0. The van der Waals surface area contributed by atoms with Gasteiger partial charge in [-0.1, -0.05) is 18.9 Å². The minimum Gasteiger partial charge on any atom is -0.322 e. The van der Waals surface area contributed by atoms with Crippen LogP contribution in [0.1, 0.15) is 31.2 Å². The van der Waals surface area contributed by atoms with Crippen LogP contribution < -0.4 is 10.5 Å². The Kier molecular flexibility index (Phi) is 3.11. The molecule has 118 valence electrons. The molecule has 0 bridgehead atoms. The molecule has 23 heavy (non-hydrogen) atoms. The summed E-state index contributed by atoms with van der Waals surface area (Å²) >= 11 is 0. The molecule has 2 heterocycles. The first kappa shape index (κ1) is 14.2. The molecule has 0 radical (unpaired) electrons. The van der Waals surface area contributed by atoms with Crippen LogP contribution >= 0.6 is 0 Å². The van der Waals surface area contributed by atoms with Crippen LogP contribution in [-0.4, -0.2) is 16.8 Å². The van der Waals surface area contributed by atoms with E-state index in [-0.39, 0.29) is 29.2 Å². The molecule has 2 atom stereocenters. The lowest BCUT2D eigenvalue weighted by Gasteiger charge is -2.19. The molecule has 2 fully saturated rings. The summed E-state index contributed by atoms with van der Waals surface area (Å²) in [7, 11) is 0. The summed E-state index contributed by atoms with van der Waals surface area (Å²) in [6.45, 7) is 1.87. The molecule has 1 saturated heterocycles. The maximum absolute atomic E-state index is 12.7. The first-order valence-corrected chi connectivity index (χ1v) is 8.08. The van der Waals surface area contributed by atoms with E-state index in [4.69, 9.17) is 0 Å². The highest BCUT2D eigenvalue weighted by molar-refractivity contribution is 6.22. The van der Waals surface area contributed by atoms with Crippen LogP contribution in [0.3, 0.4) is 0 Å². The van der Waals surface area contributed by atoms with Gasteiger partial charge >= 0.3 is 0 Å². The number of aromatic nitrogens is 1. The molecule has 1 saturated carbocycles. The summed E-state index contributed by atoms with van der Waals surface area (Å²) in [5, 5.41) is 0.921. The van der Waals surface area contributed by atoms with Gasteiger partial charge in [0.25, 0.3) is 0 Å². The Morgan fingerprint density at radius 3 is 2.30 bits per heavy atom. The lowest BCUT2D eigenvalue weighted by molar-refractivity contribution is -0.122. The SMILES string of the molecule is Cc1cc(=O)[nH]c2cc(N3C(=O)C4CCCCC4C3=O)ccc12. The lowest BCUT2D eigenvalue weighted by atomic mass is 9.81. The first-order valence-electron chi connectivity index (χ1n) is 8.08. The van der Waals surface area contributed by atoms with Gasteiger partial charge in [-0.2, -0.15) is 0 Å². The zero-order valence-electron chi connectivity index (χ0n) is 13.0. The summed E-state index contributed by atoms with van der Waals surface area (Å²) in [6, 6.07) is 6.93. The number of aryl methyl sites for hydroxylation is 1. The van der Waals surface area contributed by atoms with Gasteiger partial charge in [-0.15, -0.1) is 0 Å². The van der Waals surface area contributed by atoms with Crippen LogP contribution in [0.2, 0.25) is 0 Å². The highest BCUT2D eigenvalue weighted by atomic mass is 16.2. The highest BCUT2D eigenvalue weighted by Gasteiger charge is 2.48. The van der Waals surface area contributed by atoms with Gasteiger partial charge in [-0.25, -0.2) is 4.90 Å². The molecule has 1 aromatic carbocycles. The molecule has 2 unspecified atom stereocenters. The summed E-state index contributed by atoms with van der Waals surface area (Å²) in [6.07, 6.45) is 3.63. The Morgan fingerprint density at radius 1 is 1.00 bits per heavy atom. The van der Waals surface area contributed by atoms with Crippen molar-refractivity contribution in [3.63, 3.8) is 0 Å². The zero-order chi connectivity index (χ0) is 16.1. The summed E-state index contributed by atoms with van der Waals surface area (Å²) in [5.41, 5.74) is 1.91. The number of hydrogen-bond acceptors (Lipinski definition) is 3. The molecule has 4 rings (SSSR count). The van der Waals surface area contributed by atoms with E-state index in [0.29, 0.717) is 11.2 Å². The number of fused-ring (bicyclic) bond motifs is 2. The van der Waals surface area contributed by atoms with E-state index in [2.05, 4.69) is 4.98 Å². The number of carbonyl (C=O) groups excluding carboxylic acids is 2. The number of benzene rings is 1. The van der Waals surface area contributed by atoms with Crippen LogP contribution in [0.5, 0.6) is 0 Å². The van der Waals surface area contributed by atoms with E-state index in [1.165, 1.54) is 4.90 Å². The lowest BCUT2D eigenvalue weighted by Crippen LogP contribution is -2.30. The number of amides is 2. The molecule has 1 N–H and O–H groups in total. The van der Waals surface area contributed by atoms with Crippen molar-refractivity contribution in [1.29, 1.82) is 0 Å². The second kappa shape index (κ2) is 5.05. The van der Waals surface area contributed by atoms with Crippen molar-refractivity contribution in [2.75, 3.05) is 4.90 Å². The minimum absolute atomic E-state index is 0.0888. The van der Waals surface area contributed by atoms with Crippen LogP contribution in [0.4, 0.5) is 5.69 Å². The molecule has 1 aliphatic carbocycles. The van der Waals surface area contributed by atoms with Crippen LogP contribution in [-0.2, 0) is 9.59 Å². The van der Waals surface area contributed by atoms with Gasteiger partial charge in [0.2, 0.25) is 17.4 Å². The van der Waals surface area contributed by atoms with E-state index >= 15 is 0 Å². The van der Waals surface area contributed by atoms with Crippen molar-refractivity contribution in [2.24, 2.45) is 11.8 Å². The van der Waals surface area contributed by atoms with Crippen molar-refractivity contribution in [3.8, 4) is 0 Å². The number of aromatic amines is 1. The Hall–Kier alpha value is -2.43. The summed E-state index contributed by atoms with van der Waals surface area (Å²) in [5.74, 6) is -0.505. The standard InChI is InChI=1S/C18H18N2O3/c1-10-8-16(21)19-15-9-11(6-7-12(10)15)20-17(22)13-4-2-3-5-14(13)18(20)23/h6-9,13-14H,2-5H2,1H3,(H,19,21). The number of nitrogens with one attached hydrogen (secondary N) is 1. The Morgan fingerprint density at radius 2 is 1.65 bits per heavy atom. The largest absolute Gasteiger partial charge is 0.322 e. The van der Waals surface area contributed by atoms with Crippen LogP contribution in [0.15, 0.2) is 29.1 Å². The number of pyridine rings is 1. The maximum atomic E-state index is 12.7. The molecule has 0 spiro atoms. The van der Waals surface area contributed by atoms with Crippen molar-refractivity contribution >= 4 is 28.4 Å². The van der Waals surface area contributed by atoms with Crippen molar-refractivity contribution in [1.82, 2.24) is 4.98 Å². The molecule has 5 nitrogen and oxygen atoms in total. The fourth-order valence-electron chi connectivity index (χ4n) is 3.98. The average Bonchev–Trinajstić information content (AvgIpc) is 2.78. The molecule has 2 amide bonds. The number of carbonyl (C=O) groups is 2. The number of nitrogens with zero attached hydrogens (tertiary/aromatic N) is 1. The van der Waals surface area contributed by atoms with Crippen molar-refractivity contribution in [2.45, 2.75) is 32.6 Å². The van der Waals surface area contributed by atoms with E-state index < -0.39 is 0 Å². The highest BCUT2D eigenvalue weighted by Crippen LogP contribution is 2.40. The topological polar surface area (TPSA) is 70.2 Å². The second-order valence-corrected chi connectivity index (χ2v) is 6.56. The third-order valence-corrected chi connectivity index (χ3v) is 5.13. The molecule has 1 aliphatic heterocycles. The van der Waals surface area contributed by atoms with E-state index in [1.807, 2.05) is 13.0 Å². The normalized spacial score (nSPS) is 24.3. The first-order chi connectivity index (χ1) is 11.1. The summed E-state index contributed by atoms with van der Waals surface area (Å²) in [4.78, 5) is 41.1. The van der Waals surface area contributed by atoms with Gasteiger partial charge in [0, 0.05) is 11.5 Å². The van der Waals surface area contributed by atoms with Crippen LogP contribution in [0, 0.1) is 18.8 Å². The Balaban J connectivity index is 1.81.